The largest absolute Gasteiger partial charge is 0.278 e. The first-order chi connectivity index (χ1) is 9.28. The lowest BCUT2D eigenvalue weighted by Gasteiger charge is -2.12. The number of rotatable bonds is 3. The van der Waals surface area contributed by atoms with Gasteiger partial charge in [-0.05, 0) is 36.8 Å². The van der Waals surface area contributed by atoms with Crippen LogP contribution in [0, 0.1) is 6.92 Å². The van der Waals surface area contributed by atoms with Gasteiger partial charge in [-0.3, -0.25) is 9.69 Å². The fraction of sp³-hybridized carbons (Fsp3) is 0.0667. The summed E-state index contributed by atoms with van der Waals surface area (Å²) in [5.74, 6) is 0. The van der Waals surface area contributed by atoms with Crippen molar-refractivity contribution in [3.8, 4) is 0 Å². The summed E-state index contributed by atoms with van der Waals surface area (Å²) in [5.41, 5.74) is 2.95. The SMILES string of the molecule is Cc1ccc2nc(N(C=O)c3ccccc3)sc2c1. The number of hydrogen-bond acceptors (Lipinski definition) is 3. The van der Waals surface area contributed by atoms with E-state index in [1.165, 1.54) is 16.9 Å². The van der Waals surface area contributed by atoms with E-state index in [9.17, 15) is 4.79 Å². The molecule has 0 saturated carbocycles. The molecule has 3 rings (SSSR count). The Morgan fingerprint density at radius 1 is 1.16 bits per heavy atom. The Morgan fingerprint density at radius 3 is 2.68 bits per heavy atom. The molecule has 1 aromatic heterocycles. The number of benzene rings is 2. The van der Waals surface area contributed by atoms with E-state index >= 15 is 0 Å². The van der Waals surface area contributed by atoms with Gasteiger partial charge in [0.05, 0.1) is 15.9 Å². The van der Waals surface area contributed by atoms with Crippen molar-refractivity contribution in [3.63, 3.8) is 0 Å². The van der Waals surface area contributed by atoms with Crippen LogP contribution in [0.1, 0.15) is 5.56 Å². The highest BCUT2D eigenvalue weighted by atomic mass is 32.1. The van der Waals surface area contributed by atoms with Gasteiger partial charge in [-0.15, -0.1) is 0 Å². The Bertz CT molecular complexity index is 721. The van der Waals surface area contributed by atoms with Gasteiger partial charge in [-0.1, -0.05) is 35.6 Å². The van der Waals surface area contributed by atoms with Crippen LogP contribution in [0.25, 0.3) is 10.2 Å². The number of fused-ring (bicyclic) bond motifs is 1. The van der Waals surface area contributed by atoms with E-state index in [4.69, 9.17) is 0 Å². The van der Waals surface area contributed by atoms with Gasteiger partial charge in [-0.25, -0.2) is 4.98 Å². The molecule has 4 heteroatoms. The van der Waals surface area contributed by atoms with E-state index in [1.807, 2.05) is 49.4 Å². The molecule has 0 spiro atoms. The number of thiazole rings is 1. The number of aromatic nitrogens is 1. The second-order valence-electron chi connectivity index (χ2n) is 4.28. The molecule has 0 radical (unpaired) electrons. The van der Waals surface area contributed by atoms with E-state index in [0.29, 0.717) is 5.13 Å². The molecule has 1 amide bonds. The zero-order valence-corrected chi connectivity index (χ0v) is 11.2. The highest BCUT2D eigenvalue weighted by molar-refractivity contribution is 7.22. The van der Waals surface area contributed by atoms with Crippen molar-refractivity contribution in [1.82, 2.24) is 4.98 Å². The zero-order chi connectivity index (χ0) is 13.2. The summed E-state index contributed by atoms with van der Waals surface area (Å²) in [6, 6.07) is 15.6. The van der Waals surface area contributed by atoms with E-state index in [2.05, 4.69) is 11.1 Å². The molecule has 0 bridgehead atoms. The summed E-state index contributed by atoms with van der Waals surface area (Å²) in [6.45, 7) is 2.05. The second kappa shape index (κ2) is 4.82. The minimum Gasteiger partial charge on any atom is -0.278 e. The van der Waals surface area contributed by atoms with Crippen molar-refractivity contribution < 1.29 is 4.79 Å². The molecule has 3 nitrogen and oxygen atoms in total. The number of amides is 1. The molecule has 3 aromatic rings. The summed E-state index contributed by atoms with van der Waals surface area (Å²) in [5, 5.41) is 0.696. The Labute approximate surface area is 115 Å². The van der Waals surface area contributed by atoms with Crippen LogP contribution < -0.4 is 4.90 Å². The predicted molar refractivity (Wildman–Crippen MR) is 79.0 cm³/mol. The van der Waals surface area contributed by atoms with E-state index in [-0.39, 0.29) is 0 Å². The smallest absolute Gasteiger partial charge is 0.220 e. The van der Waals surface area contributed by atoms with Gasteiger partial charge < -0.3 is 0 Å². The zero-order valence-electron chi connectivity index (χ0n) is 10.4. The molecule has 0 saturated heterocycles. The number of nitrogens with zero attached hydrogens (tertiary/aromatic N) is 2. The van der Waals surface area contributed by atoms with Crippen molar-refractivity contribution in [2.75, 3.05) is 4.90 Å². The molecule has 0 aliphatic carbocycles. The number of anilines is 2. The standard InChI is InChI=1S/C15H12N2OS/c1-11-7-8-13-14(9-11)19-15(16-13)17(10-18)12-5-3-2-4-6-12/h2-10H,1H3. The van der Waals surface area contributed by atoms with Gasteiger partial charge in [0.2, 0.25) is 6.41 Å². The van der Waals surface area contributed by atoms with Gasteiger partial charge in [0.1, 0.15) is 0 Å². The van der Waals surface area contributed by atoms with Gasteiger partial charge in [-0.2, -0.15) is 0 Å². The number of hydrogen-bond donors (Lipinski definition) is 0. The maximum absolute atomic E-state index is 11.3. The third-order valence-electron chi connectivity index (χ3n) is 2.88. The molecule has 0 unspecified atom stereocenters. The third-order valence-corrected chi connectivity index (χ3v) is 3.90. The van der Waals surface area contributed by atoms with Crippen LogP contribution in [0.4, 0.5) is 10.8 Å². The summed E-state index contributed by atoms with van der Waals surface area (Å²) in [7, 11) is 0. The second-order valence-corrected chi connectivity index (χ2v) is 5.29. The molecular formula is C15H12N2OS. The van der Waals surface area contributed by atoms with Crippen LogP contribution >= 0.6 is 11.3 Å². The third kappa shape index (κ3) is 2.22. The maximum Gasteiger partial charge on any atom is 0.220 e. The van der Waals surface area contributed by atoms with Crippen LogP contribution in [0.2, 0.25) is 0 Å². The summed E-state index contributed by atoms with van der Waals surface area (Å²) in [4.78, 5) is 17.4. The lowest BCUT2D eigenvalue weighted by Crippen LogP contribution is -2.13. The van der Waals surface area contributed by atoms with Crippen LogP contribution in [0.3, 0.4) is 0 Å². The van der Waals surface area contributed by atoms with E-state index in [0.717, 1.165) is 22.3 Å². The van der Waals surface area contributed by atoms with Crippen LogP contribution in [0.15, 0.2) is 48.5 Å². The Balaban J connectivity index is 2.09. The first-order valence-corrected chi connectivity index (χ1v) is 6.76. The fourth-order valence-electron chi connectivity index (χ4n) is 1.93. The van der Waals surface area contributed by atoms with Crippen LogP contribution in [0.5, 0.6) is 0 Å². The maximum atomic E-state index is 11.3. The monoisotopic (exact) mass is 268 g/mol. The molecule has 0 atom stereocenters. The molecule has 94 valence electrons. The first-order valence-electron chi connectivity index (χ1n) is 5.95. The molecule has 19 heavy (non-hydrogen) atoms. The Kier molecular flexibility index (Phi) is 3.01. The van der Waals surface area contributed by atoms with Crippen molar-refractivity contribution in [3.05, 3.63) is 54.1 Å². The Morgan fingerprint density at radius 2 is 1.95 bits per heavy atom. The molecule has 0 aliphatic rings. The number of carbonyl (C=O) groups excluding carboxylic acids is 1. The minimum absolute atomic E-state index is 0.696. The van der Waals surface area contributed by atoms with Gasteiger partial charge >= 0.3 is 0 Å². The highest BCUT2D eigenvalue weighted by Crippen LogP contribution is 2.32. The van der Waals surface area contributed by atoms with Crippen LogP contribution in [-0.4, -0.2) is 11.4 Å². The molecule has 0 fully saturated rings. The van der Waals surface area contributed by atoms with Gasteiger partial charge in [0.15, 0.2) is 5.13 Å². The first kappa shape index (κ1) is 11.9. The highest BCUT2D eigenvalue weighted by Gasteiger charge is 2.13. The number of carbonyl (C=O) groups is 1. The van der Waals surface area contributed by atoms with E-state index < -0.39 is 0 Å². The van der Waals surface area contributed by atoms with Gasteiger partial charge in [0, 0.05) is 0 Å². The molecular weight excluding hydrogens is 256 g/mol. The number of para-hydroxylation sites is 1. The van der Waals surface area contributed by atoms with Crippen LogP contribution in [-0.2, 0) is 4.79 Å². The van der Waals surface area contributed by atoms with Gasteiger partial charge in [0.25, 0.3) is 0 Å². The predicted octanol–water partition coefficient (Wildman–Crippen LogP) is 3.90. The normalized spacial score (nSPS) is 10.6. The topological polar surface area (TPSA) is 33.2 Å². The average Bonchev–Trinajstić information content (AvgIpc) is 2.83. The minimum atomic E-state index is 0.696. The fourth-order valence-corrected chi connectivity index (χ4v) is 2.98. The van der Waals surface area contributed by atoms with Crippen molar-refractivity contribution in [2.45, 2.75) is 6.92 Å². The van der Waals surface area contributed by atoms with E-state index in [1.54, 1.807) is 4.90 Å². The summed E-state index contributed by atoms with van der Waals surface area (Å²) >= 11 is 1.52. The quantitative estimate of drug-likeness (QED) is 0.675. The van der Waals surface area contributed by atoms with Crippen molar-refractivity contribution in [1.29, 1.82) is 0 Å². The molecule has 0 aliphatic heterocycles. The average molecular weight is 268 g/mol. The molecule has 0 N–H and O–H groups in total. The summed E-state index contributed by atoms with van der Waals surface area (Å²) < 4.78 is 1.10. The molecule has 1 heterocycles. The summed E-state index contributed by atoms with van der Waals surface area (Å²) in [6.07, 6.45) is 0.805. The lowest BCUT2D eigenvalue weighted by atomic mass is 10.2. The number of aryl methyl sites for hydroxylation is 1. The lowest BCUT2D eigenvalue weighted by molar-refractivity contribution is -0.106. The molecule has 2 aromatic carbocycles. The Hall–Kier alpha value is -2.20. The van der Waals surface area contributed by atoms with Crippen molar-refractivity contribution >= 4 is 38.8 Å². The van der Waals surface area contributed by atoms with Crippen molar-refractivity contribution in [2.24, 2.45) is 0 Å².